The van der Waals surface area contributed by atoms with Crippen molar-refractivity contribution in [2.75, 3.05) is 25.3 Å². The molecule has 0 unspecified atom stereocenters. The summed E-state index contributed by atoms with van der Waals surface area (Å²) in [6, 6.07) is 4.55. The number of aromatic nitrogens is 2. The van der Waals surface area contributed by atoms with Crippen LogP contribution >= 0.6 is 11.6 Å². The first-order valence-electron chi connectivity index (χ1n) is 5.59. The van der Waals surface area contributed by atoms with Crippen molar-refractivity contribution in [1.29, 1.82) is 0 Å². The van der Waals surface area contributed by atoms with E-state index in [9.17, 15) is 4.79 Å². The van der Waals surface area contributed by atoms with Crippen molar-refractivity contribution in [3.63, 3.8) is 0 Å². The number of nitrogens with zero attached hydrogens (tertiary/aromatic N) is 1. The van der Waals surface area contributed by atoms with Gasteiger partial charge in [0, 0.05) is 18.2 Å². The first-order chi connectivity index (χ1) is 9.55. The van der Waals surface area contributed by atoms with Gasteiger partial charge in [0.05, 0.1) is 24.9 Å². The number of carbonyl (C=O) groups is 1. The highest BCUT2D eigenvalue weighted by atomic mass is 35.5. The highest BCUT2D eigenvalue weighted by molar-refractivity contribution is 6.32. The van der Waals surface area contributed by atoms with E-state index in [1.54, 1.807) is 12.1 Å². The predicted molar refractivity (Wildman–Crippen MR) is 75.5 cm³/mol. The summed E-state index contributed by atoms with van der Waals surface area (Å²) >= 11 is 5.99. The zero-order valence-corrected chi connectivity index (χ0v) is 11.6. The second kappa shape index (κ2) is 5.70. The van der Waals surface area contributed by atoms with Crippen LogP contribution in [0.1, 0.15) is 10.5 Å². The molecule has 0 saturated heterocycles. The van der Waals surface area contributed by atoms with Crippen molar-refractivity contribution in [3.05, 3.63) is 28.9 Å². The van der Waals surface area contributed by atoms with E-state index in [4.69, 9.17) is 26.8 Å². The van der Waals surface area contributed by atoms with Crippen LogP contribution in [-0.2, 0) is 0 Å². The number of nitrogen functional groups attached to an aromatic ring is 1. The van der Waals surface area contributed by atoms with Crippen molar-refractivity contribution in [3.8, 4) is 11.5 Å². The largest absolute Gasteiger partial charge is 0.495 e. The maximum atomic E-state index is 12.0. The van der Waals surface area contributed by atoms with Crippen molar-refractivity contribution >= 4 is 29.0 Å². The van der Waals surface area contributed by atoms with Crippen LogP contribution < -0.4 is 20.5 Å². The van der Waals surface area contributed by atoms with E-state index in [2.05, 4.69) is 15.5 Å². The maximum absolute atomic E-state index is 12.0. The summed E-state index contributed by atoms with van der Waals surface area (Å²) in [5.41, 5.74) is 6.10. The Labute approximate surface area is 120 Å². The molecular weight excluding hydrogens is 284 g/mol. The fourth-order valence-electron chi connectivity index (χ4n) is 1.60. The van der Waals surface area contributed by atoms with Gasteiger partial charge in [0.25, 0.3) is 5.91 Å². The number of H-pyrrole nitrogens is 1. The van der Waals surface area contributed by atoms with E-state index >= 15 is 0 Å². The van der Waals surface area contributed by atoms with E-state index < -0.39 is 5.91 Å². The number of nitrogens with one attached hydrogen (secondary N) is 2. The van der Waals surface area contributed by atoms with Gasteiger partial charge in [0.15, 0.2) is 0 Å². The number of methoxy groups -OCH3 is 2. The molecule has 0 spiro atoms. The number of benzene rings is 1. The molecule has 1 heterocycles. The molecule has 2 aromatic rings. The van der Waals surface area contributed by atoms with Gasteiger partial charge in [-0.3, -0.25) is 9.89 Å². The summed E-state index contributed by atoms with van der Waals surface area (Å²) in [6.07, 6.45) is 0. The second-order valence-electron chi connectivity index (χ2n) is 3.85. The molecule has 8 heteroatoms. The van der Waals surface area contributed by atoms with Gasteiger partial charge in [0.2, 0.25) is 0 Å². The monoisotopic (exact) mass is 296 g/mol. The first kappa shape index (κ1) is 14.0. The highest BCUT2D eigenvalue weighted by Crippen LogP contribution is 2.35. The molecule has 0 fully saturated rings. The Balaban J connectivity index is 2.30. The molecule has 0 atom stereocenters. The lowest BCUT2D eigenvalue weighted by atomic mass is 10.2. The first-order valence-corrected chi connectivity index (χ1v) is 5.96. The van der Waals surface area contributed by atoms with Crippen LogP contribution in [0.2, 0.25) is 5.02 Å². The zero-order valence-electron chi connectivity index (χ0n) is 10.9. The maximum Gasteiger partial charge on any atom is 0.273 e. The number of aromatic amines is 1. The summed E-state index contributed by atoms with van der Waals surface area (Å²) < 4.78 is 10.3. The number of ether oxygens (including phenoxy) is 2. The number of nitrogens with two attached hydrogens (primary N) is 1. The van der Waals surface area contributed by atoms with Gasteiger partial charge in [-0.1, -0.05) is 11.6 Å². The van der Waals surface area contributed by atoms with Crippen molar-refractivity contribution in [1.82, 2.24) is 10.2 Å². The summed E-state index contributed by atoms with van der Waals surface area (Å²) in [5.74, 6) is 0.663. The normalized spacial score (nSPS) is 10.2. The third kappa shape index (κ3) is 2.77. The molecule has 1 aromatic heterocycles. The minimum atomic E-state index is -0.406. The standard InChI is InChI=1S/C12H13ClN4O3/c1-19-9-4-7(10(20-2)3-6(9)13)15-12(18)8-5-11(14)17-16-8/h3-5H,1-2H3,(H,15,18)(H3,14,16,17). The lowest BCUT2D eigenvalue weighted by molar-refractivity contribution is 0.102. The van der Waals surface area contributed by atoms with Crippen molar-refractivity contribution in [2.24, 2.45) is 0 Å². The van der Waals surface area contributed by atoms with Crippen LogP contribution in [0.15, 0.2) is 18.2 Å². The zero-order chi connectivity index (χ0) is 14.7. The van der Waals surface area contributed by atoms with Crippen LogP contribution in [0.3, 0.4) is 0 Å². The highest BCUT2D eigenvalue weighted by Gasteiger charge is 2.15. The average Bonchev–Trinajstić information content (AvgIpc) is 2.87. The summed E-state index contributed by atoms with van der Waals surface area (Å²) in [6.45, 7) is 0. The van der Waals surface area contributed by atoms with Gasteiger partial charge in [-0.25, -0.2) is 0 Å². The van der Waals surface area contributed by atoms with Gasteiger partial charge in [-0.15, -0.1) is 0 Å². The molecule has 0 saturated carbocycles. The molecule has 2 rings (SSSR count). The van der Waals surface area contributed by atoms with Gasteiger partial charge in [-0.05, 0) is 0 Å². The van der Waals surface area contributed by atoms with E-state index in [0.717, 1.165) is 0 Å². The Bertz CT molecular complexity index is 642. The molecule has 0 radical (unpaired) electrons. The molecular formula is C12H13ClN4O3. The number of hydrogen-bond acceptors (Lipinski definition) is 5. The quantitative estimate of drug-likeness (QED) is 0.800. The molecule has 1 amide bonds. The lowest BCUT2D eigenvalue weighted by Gasteiger charge is -2.12. The van der Waals surface area contributed by atoms with Crippen LogP contribution in [0.5, 0.6) is 11.5 Å². The molecule has 0 aliphatic rings. The van der Waals surface area contributed by atoms with E-state index in [0.29, 0.717) is 22.2 Å². The molecule has 0 aliphatic heterocycles. The van der Waals surface area contributed by atoms with Crippen LogP contribution in [0.4, 0.5) is 11.5 Å². The number of anilines is 2. The van der Waals surface area contributed by atoms with E-state index in [1.807, 2.05) is 0 Å². The summed E-state index contributed by atoms with van der Waals surface area (Å²) in [7, 11) is 2.96. The molecule has 0 aliphatic carbocycles. The number of carbonyl (C=O) groups excluding carboxylic acids is 1. The van der Waals surface area contributed by atoms with Crippen molar-refractivity contribution in [2.45, 2.75) is 0 Å². The van der Waals surface area contributed by atoms with Gasteiger partial charge < -0.3 is 20.5 Å². The lowest BCUT2D eigenvalue weighted by Crippen LogP contribution is -2.13. The minimum absolute atomic E-state index is 0.232. The van der Waals surface area contributed by atoms with E-state index in [1.165, 1.54) is 20.3 Å². The number of rotatable bonds is 4. The average molecular weight is 297 g/mol. The molecule has 20 heavy (non-hydrogen) atoms. The number of amides is 1. The molecule has 4 N–H and O–H groups in total. The fraction of sp³-hybridized carbons (Fsp3) is 0.167. The van der Waals surface area contributed by atoms with Crippen LogP contribution in [-0.4, -0.2) is 30.3 Å². The Kier molecular flexibility index (Phi) is 3.99. The topological polar surface area (TPSA) is 102 Å². The molecule has 7 nitrogen and oxygen atoms in total. The Hall–Kier alpha value is -2.41. The smallest absolute Gasteiger partial charge is 0.273 e. The third-order valence-electron chi connectivity index (χ3n) is 2.56. The second-order valence-corrected chi connectivity index (χ2v) is 4.25. The fourth-order valence-corrected chi connectivity index (χ4v) is 1.83. The number of hydrogen-bond donors (Lipinski definition) is 3. The molecule has 1 aromatic carbocycles. The minimum Gasteiger partial charge on any atom is -0.495 e. The Morgan fingerprint density at radius 3 is 2.55 bits per heavy atom. The molecule has 0 bridgehead atoms. The van der Waals surface area contributed by atoms with E-state index in [-0.39, 0.29) is 11.5 Å². The van der Waals surface area contributed by atoms with Crippen LogP contribution in [0, 0.1) is 0 Å². The van der Waals surface area contributed by atoms with Gasteiger partial charge in [0.1, 0.15) is 23.0 Å². The third-order valence-corrected chi connectivity index (χ3v) is 2.86. The Morgan fingerprint density at radius 2 is 2.00 bits per heavy atom. The van der Waals surface area contributed by atoms with Gasteiger partial charge >= 0.3 is 0 Å². The summed E-state index contributed by atoms with van der Waals surface area (Å²) in [5, 5.41) is 9.25. The predicted octanol–water partition coefficient (Wildman–Crippen LogP) is 1.91. The van der Waals surface area contributed by atoms with Gasteiger partial charge in [-0.2, -0.15) is 5.10 Å². The molecule has 106 valence electrons. The van der Waals surface area contributed by atoms with Crippen LogP contribution in [0.25, 0.3) is 0 Å². The van der Waals surface area contributed by atoms with Crippen molar-refractivity contribution < 1.29 is 14.3 Å². The number of halogens is 1. The summed E-state index contributed by atoms with van der Waals surface area (Å²) in [4.78, 5) is 12.0. The SMILES string of the molecule is COc1cc(NC(=O)c2cc(N)n[nH]2)c(OC)cc1Cl. The Morgan fingerprint density at radius 1 is 1.30 bits per heavy atom.